The number of hydrogen-bond acceptors (Lipinski definition) is 3. The third kappa shape index (κ3) is 4.62. The second-order valence-corrected chi connectivity index (χ2v) is 6.63. The molecule has 1 fully saturated rings. The van der Waals surface area contributed by atoms with Gasteiger partial charge < -0.3 is 10.2 Å². The number of carbonyl (C=O) groups excluding carboxylic acids is 2. The van der Waals surface area contributed by atoms with E-state index in [1.54, 1.807) is 12.1 Å². The molecule has 0 spiro atoms. The monoisotopic (exact) mass is 371 g/mol. The van der Waals surface area contributed by atoms with Crippen LogP contribution in [-0.2, 0) is 4.79 Å². The van der Waals surface area contributed by atoms with Crippen molar-refractivity contribution in [2.24, 2.45) is 0 Å². The maximum atomic E-state index is 12.3. The van der Waals surface area contributed by atoms with Crippen LogP contribution >= 0.6 is 23.2 Å². The Kier molecular flexibility index (Phi) is 6.90. The summed E-state index contributed by atoms with van der Waals surface area (Å²) in [5.74, 6) is -0.389. The van der Waals surface area contributed by atoms with E-state index in [1.165, 1.54) is 6.07 Å². The van der Waals surface area contributed by atoms with Gasteiger partial charge in [-0.1, -0.05) is 37.0 Å². The molecule has 1 aromatic rings. The molecular formula is C17H23Cl2N3O2. The van der Waals surface area contributed by atoms with Gasteiger partial charge in [-0.25, -0.2) is 0 Å². The van der Waals surface area contributed by atoms with Gasteiger partial charge in [0, 0.05) is 24.7 Å². The van der Waals surface area contributed by atoms with Crippen LogP contribution < -0.4 is 5.32 Å². The number of hydrogen-bond donors (Lipinski definition) is 1. The molecule has 2 amide bonds. The van der Waals surface area contributed by atoms with Crippen LogP contribution in [0.1, 0.15) is 30.6 Å². The van der Waals surface area contributed by atoms with Crippen LogP contribution in [0.5, 0.6) is 0 Å². The molecule has 0 aliphatic carbocycles. The molecule has 2 rings (SSSR count). The van der Waals surface area contributed by atoms with Crippen LogP contribution in [-0.4, -0.2) is 60.4 Å². The first-order valence-electron chi connectivity index (χ1n) is 8.21. The Balaban J connectivity index is 1.85. The number of likely N-dealkylation sites (tertiary alicyclic amines) is 1. The van der Waals surface area contributed by atoms with Gasteiger partial charge in [-0.3, -0.25) is 14.5 Å². The summed E-state index contributed by atoms with van der Waals surface area (Å²) in [6.45, 7) is 7.68. The van der Waals surface area contributed by atoms with Gasteiger partial charge in [0.05, 0.1) is 16.6 Å². The smallest absolute Gasteiger partial charge is 0.251 e. The fourth-order valence-corrected chi connectivity index (χ4v) is 3.31. The second-order valence-electron chi connectivity index (χ2n) is 5.82. The van der Waals surface area contributed by atoms with E-state index in [-0.39, 0.29) is 18.4 Å². The topological polar surface area (TPSA) is 52.6 Å². The minimum absolute atomic E-state index is 0.00987. The molecule has 0 radical (unpaired) electrons. The van der Waals surface area contributed by atoms with Gasteiger partial charge in [0.25, 0.3) is 5.91 Å². The number of nitrogens with one attached hydrogen (secondary N) is 1. The van der Waals surface area contributed by atoms with Gasteiger partial charge in [-0.15, -0.1) is 0 Å². The standard InChI is InChI=1S/C17H23Cl2N3O2/c1-3-21(4-2)13-7-8-22(11-13)16(23)10-20-17(24)12-5-6-14(18)15(19)9-12/h5-6,9,13H,3-4,7-8,10-11H2,1-2H3,(H,20,24). The van der Waals surface area contributed by atoms with Gasteiger partial charge in [-0.2, -0.15) is 0 Å². The van der Waals surface area contributed by atoms with E-state index in [1.807, 2.05) is 4.90 Å². The molecule has 24 heavy (non-hydrogen) atoms. The number of rotatable bonds is 6. The van der Waals surface area contributed by atoms with Crippen molar-refractivity contribution < 1.29 is 9.59 Å². The first-order valence-corrected chi connectivity index (χ1v) is 8.96. The zero-order chi connectivity index (χ0) is 17.7. The van der Waals surface area contributed by atoms with E-state index in [2.05, 4.69) is 24.1 Å². The molecule has 0 aromatic heterocycles. The van der Waals surface area contributed by atoms with Crippen molar-refractivity contribution in [1.82, 2.24) is 15.1 Å². The molecule has 132 valence electrons. The van der Waals surface area contributed by atoms with Crippen LogP contribution in [0, 0.1) is 0 Å². The summed E-state index contributed by atoms with van der Waals surface area (Å²) in [5.41, 5.74) is 0.389. The minimum atomic E-state index is -0.332. The SMILES string of the molecule is CCN(CC)C1CCN(C(=O)CNC(=O)c2ccc(Cl)c(Cl)c2)C1. The molecule has 1 saturated heterocycles. The number of nitrogens with zero attached hydrogens (tertiary/aromatic N) is 2. The molecule has 1 aliphatic rings. The average Bonchev–Trinajstić information content (AvgIpc) is 3.06. The van der Waals surface area contributed by atoms with E-state index in [4.69, 9.17) is 23.2 Å². The van der Waals surface area contributed by atoms with Crippen molar-refractivity contribution in [2.45, 2.75) is 26.3 Å². The Morgan fingerprint density at radius 3 is 2.58 bits per heavy atom. The lowest BCUT2D eigenvalue weighted by molar-refractivity contribution is -0.129. The van der Waals surface area contributed by atoms with E-state index < -0.39 is 0 Å². The van der Waals surface area contributed by atoms with Crippen molar-refractivity contribution >= 4 is 35.0 Å². The van der Waals surface area contributed by atoms with E-state index in [0.29, 0.717) is 21.7 Å². The highest BCUT2D eigenvalue weighted by Gasteiger charge is 2.29. The predicted octanol–water partition coefficient (Wildman–Crippen LogP) is 2.67. The number of carbonyl (C=O) groups is 2. The fraction of sp³-hybridized carbons (Fsp3) is 0.529. The molecule has 1 aliphatic heterocycles. The normalized spacial score (nSPS) is 17.4. The highest BCUT2D eigenvalue weighted by Crippen LogP contribution is 2.22. The lowest BCUT2D eigenvalue weighted by atomic mass is 10.2. The fourth-order valence-electron chi connectivity index (χ4n) is 3.01. The van der Waals surface area contributed by atoms with Crippen LogP contribution in [0.3, 0.4) is 0 Å². The molecule has 0 bridgehead atoms. The Hall–Kier alpha value is -1.30. The maximum absolute atomic E-state index is 12.3. The summed E-state index contributed by atoms with van der Waals surface area (Å²) in [7, 11) is 0. The van der Waals surface area contributed by atoms with Crippen molar-refractivity contribution in [2.75, 3.05) is 32.7 Å². The Bertz CT molecular complexity index is 605. The van der Waals surface area contributed by atoms with Crippen LogP contribution in [0.25, 0.3) is 0 Å². The molecule has 1 heterocycles. The van der Waals surface area contributed by atoms with Gasteiger partial charge in [0.1, 0.15) is 0 Å². The van der Waals surface area contributed by atoms with Crippen molar-refractivity contribution in [3.8, 4) is 0 Å². The van der Waals surface area contributed by atoms with Crippen molar-refractivity contribution in [1.29, 1.82) is 0 Å². The molecule has 1 aromatic carbocycles. The Labute approximate surface area is 152 Å². The molecule has 1 N–H and O–H groups in total. The zero-order valence-corrected chi connectivity index (χ0v) is 15.5. The van der Waals surface area contributed by atoms with E-state index >= 15 is 0 Å². The quantitative estimate of drug-likeness (QED) is 0.836. The summed E-state index contributed by atoms with van der Waals surface area (Å²) in [5, 5.41) is 3.36. The van der Waals surface area contributed by atoms with E-state index in [9.17, 15) is 9.59 Å². The Morgan fingerprint density at radius 2 is 1.96 bits per heavy atom. The van der Waals surface area contributed by atoms with Crippen LogP contribution in [0.2, 0.25) is 10.0 Å². The molecule has 7 heteroatoms. The average molecular weight is 372 g/mol. The Morgan fingerprint density at radius 1 is 1.25 bits per heavy atom. The minimum Gasteiger partial charge on any atom is -0.343 e. The van der Waals surface area contributed by atoms with Gasteiger partial charge in [0.15, 0.2) is 0 Å². The number of halogens is 2. The summed E-state index contributed by atoms with van der Waals surface area (Å²) in [4.78, 5) is 28.6. The lowest BCUT2D eigenvalue weighted by Crippen LogP contribution is -2.42. The first kappa shape index (κ1) is 19.0. The van der Waals surface area contributed by atoms with Gasteiger partial charge in [0.2, 0.25) is 5.91 Å². The van der Waals surface area contributed by atoms with Crippen molar-refractivity contribution in [3.05, 3.63) is 33.8 Å². The summed E-state index contributed by atoms with van der Waals surface area (Å²) in [6.07, 6.45) is 0.980. The zero-order valence-electron chi connectivity index (χ0n) is 14.0. The summed E-state index contributed by atoms with van der Waals surface area (Å²) >= 11 is 11.7. The molecular weight excluding hydrogens is 349 g/mol. The van der Waals surface area contributed by atoms with E-state index in [0.717, 1.165) is 32.6 Å². The summed E-state index contributed by atoms with van der Waals surface area (Å²) in [6, 6.07) is 5.06. The second kappa shape index (κ2) is 8.70. The van der Waals surface area contributed by atoms with Gasteiger partial charge in [-0.05, 0) is 37.7 Å². The first-order chi connectivity index (χ1) is 11.5. The largest absolute Gasteiger partial charge is 0.343 e. The van der Waals surface area contributed by atoms with Gasteiger partial charge >= 0.3 is 0 Å². The highest BCUT2D eigenvalue weighted by molar-refractivity contribution is 6.42. The highest BCUT2D eigenvalue weighted by atomic mass is 35.5. The maximum Gasteiger partial charge on any atom is 0.251 e. The van der Waals surface area contributed by atoms with Crippen LogP contribution in [0.4, 0.5) is 0 Å². The number of benzene rings is 1. The molecule has 0 saturated carbocycles. The number of likely N-dealkylation sites (N-methyl/N-ethyl adjacent to an activating group) is 1. The third-order valence-corrected chi connectivity index (χ3v) is 5.17. The molecule has 1 unspecified atom stereocenters. The van der Waals surface area contributed by atoms with Crippen LogP contribution in [0.15, 0.2) is 18.2 Å². The lowest BCUT2D eigenvalue weighted by Gasteiger charge is -2.26. The summed E-state index contributed by atoms with van der Waals surface area (Å²) < 4.78 is 0. The van der Waals surface area contributed by atoms with Crippen molar-refractivity contribution in [3.63, 3.8) is 0 Å². The predicted molar refractivity (Wildman–Crippen MR) is 96.7 cm³/mol. The molecule has 1 atom stereocenters. The number of amides is 2. The third-order valence-electron chi connectivity index (χ3n) is 4.43. The molecule has 5 nitrogen and oxygen atoms in total.